The van der Waals surface area contributed by atoms with E-state index >= 15 is 0 Å². The lowest BCUT2D eigenvalue weighted by Gasteiger charge is -2.39. The van der Waals surface area contributed by atoms with Crippen LogP contribution in [0.5, 0.6) is 0 Å². The van der Waals surface area contributed by atoms with E-state index in [1.165, 1.54) is 0 Å². The van der Waals surface area contributed by atoms with Gasteiger partial charge >= 0.3 is 5.97 Å². The number of ether oxygens (including phenoxy) is 1. The fraction of sp³-hybridized carbons (Fsp3) is 0.615. The van der Waals surface area contributed by atoms with Gasteiger partial charge in [-0.2, -0.15) is 4.98 Å². The van der Waals surface area contributed by atoms with Crippen LogP contribution in [0.4, 0.5) is 11.8 Å². The number of esters is 1. The number of piperidine rings is 1. The zero-order valence-electron chi connectivity index (χ0n) is 11.4. The quantitative estimate of drug-likeness (QED) is 0.827. The highest BCUT2D eigenvalue weighted by atomic mass is 16.5. The van der Waals surface area contributed by atoms with Gasteiger partial charge in [0.05, 0.1) is 12.0 Å². The molecule has 1 aromatic heterocycles. The molecule has 2 heterocycles. The summed E-state index contributed by atoms with van der Waals surface area (Å²) < 4.78 is 5.17. The second kappa shape index (κ2) is 5.42. The lowest BCUT2D eigenvalue weighted by atomic mass is 9.82. The SMILES string of the molecule is CCOC(=O)C1(C)CCCN(c2ccnc(N)n2)C1. The third-order valence-electron chi connectivity index (χ3n) is 3.45. The number of hydrogen-bond donors (Lipinski definition) is 1. The van der Waals surface area contributed by atoms with Gasteiger partial charge in [-0.05, 0) is 32.8 Å². The monoisotopic (exact) mass is 264 g/mol. The molecule has 0 radical (unpaired) electrons. The number of carbonyl (C=O) groups excluding carboxylic acids is 1. The summed E-state index contributed by atoms with van der Waals surface area (Å²) in [5, 5.41) is 0. The Morgan fingerprint density at radius 3 is 3.11 bits per heavy atom. The van der Waals surface area contributed by atoms with Gasteiger partial charge in [0.25, 0.3) is 0 Å². The van der Waals surface area contributed by atoms with Crippen LogP contribution in [0.25, 0.3) is 0 Å². The molecule has 104 valence electrons. The average Bonchev–Trinajstić information content (AvgIpc) is 2.39. The van der Waals surface area contributed by atoms with Gasteiger partial charge < -0.3 is 15.4 Å². The second-order valence-corrected chi connectivity index (χ2v) is 5.08. The molecule has 2 N–H and O–H groups in total. The van der Waals surface area contributed by atoms with Crippen LogP contribution in [0, 0.1) is 5.41 Å². The molecule has 1 fully saturated rings. The molecule has 1 saturated heterocycles. The van der Waals surface area contributed by atoms with Crippen molar-refractivity contribution in [3.8, 4) is 0 Å². The maximum absolute atomic E-state index is 12.1. The highest BCUT2D eigenvalue weighted by molar-refractivity contribution is 5.77. The summed E-state index contributed by atoms with van der Waals surface area (Å²) in [6.45, 7) is 5.65. The van der Waals surface area contributed by atoms with E-state index in [0.717, 1.165) is 25.2 Å². The Morgan fingerprint density at radius 2 is 2.42 bits per heavy atom. The number of rotatable bonds is 3. The minimum atomic E-state index is -0.478. The van der Waals surface area contributed by atoms with Gasteiger partial charge in [0, 0.05) is 19.3 Å². The van der Waals surface area contributed by atoms with Gasteiger partial charge in [0.15, 0.2) is 0 Å². The first-order chi connectivity index (χ1) is 9.05. The number of anilines is 2. The molecule has 6 heteroatoms. The molecule has 0 spiro atoms. The molecule has 0 bridgehead atoms. The molecule has 6 nitrogen and oxygen atoms in total. The molecule has 0 aliphatic carbocycles. The summed E-state index contributed by atoms with van der Waals surface area (Å²) in [6.07, 6.45) is 3.40. The normalized spacial score (nSPS) is 23.2. The number of nitrogens with two attached hydrogens (primary N) is 1. The predicted octanol–water partition coefficient (Wildman–Crippen LogP) is 1.23. The molecule has 19 heavy (non-hydrogen) atoms. The van der Waals surface area contributed by atoms with Crippen LogP contribution in [-0.4, -0.2) is 35.6 Å². The van der Waals surface area contributed by atoms with Crippen molar-refractivity contribution in [1.82, 2.24) is 9.97 Å². The summed E-state index contributed by atoms with van der Waals surface area (Å²) >= 11 is 0. The summed E-state index contributed by atoms with van der Waals surface area (Å²) in [5.74, 6) is 0.880. The van der Waals surface area contributed by atoms with Crippen LogP contribution in [0.1, 0.15) is 26.7 Å². The average molecular weight is 264 g/mol. The van der Waals surface area contributed by atoms with Crippen LogP contribution in [0.3, 0.4) is 0 Å². The van der Waals surface area contributed by atoms with E-state index in [2.05, 4.69) is 14.9 Å². The van der Waals surface area contributed by atoms with Gasteiger partial charge in [-0.25, -0.2) is 4.98 Å². The lowest BCUT2D eigenvalue weighted by molar-refractivity contribution is -0.154. The smallest absolute Gasteiger partial charge is 0.313 e. The van der Waals surface area contributed by atoms with E-state index < -0.39 is 5.41 Å². The fourth-order valence-electron chi connectivity index (χ4n) is 2.45. The molecule has 0 amide bonds. The summed E-state index contributed by atoms with van der Waals surface area (Å²) in [4.78, 5) is 22.2. The van der Waals surface area contributed by atoms with Crippen molar-refractivity contribution in [2.75, 3.05) is 30.3 Å². The standard InChI is InChI=1S/C13H20N4O2/c1-3-19-11(18)13(2)6-4-8-17(9-13)10-5-7-15-12(14)16-10/h5,7H,3-4,6,8-9H2,1-2H3,(H2,14,15,16). The molecule has 1 unspecified atom stereocenters. The molecule has 1 atom stereocenters. The molecule has 0 saturated carbocycles. The third-order valence-corrected chi connectivity index (χ3v) is 3.45. The summed E-state index contributed by atoms with van der Waals surface area (Å²) in [7, 11) is 0. The largest absolute Gasteiger partial charge is 0.466 e. The van der Waals surface area contributed by atoms with Crippen LogP contribution < -0.4 is 10.6 Å². The van der Waals surface area contributed by atoms with E-state index in [1.807, 2.05) is 19.9 Å². The Hall–Kier alpha value is -1.85. The van der Waals surface area contributed by atoms with Gasteiger partial charge in [-0.15, -0.1) is 0 Å². The highest BCUT2D eigenvalue weighted by Crippen LogP contribution is 2.32. The second-order valence-electron chi connectivity index (χ2n) is 5.08. The van der Waals surface area contributed by atoms with Gasteiger partial charge in [-0.1, -0.05) is 0 Å². The Labute approximate surface area is 113 Å². The molecule has 1 aromatic rings. The molecule has 1 aliphatic heterocycles. The molecular weight excluding hydrogens is 244 g/mol. The van der Waals surface area contributed by atoms with Crippen LogP contribution in [-0.2, 0) is 9.53 Å². The maximum atomic E-state index is 12.1. The highest BCUT2D eigenvalue weighted by Gasteiger charge is 2.39. The van der Waals surface area contributed by atoms with E-state index in [9.17, 15) is 4.79 Å². The van der Waals surface area contributed by atoms with Crippen LogP contribution in [0.15, 0.2) is 12.3 Å². The lowest BCUT2D eigenvalue weighted by Crippen LogP contribution is -2.47. The van der Waals surface area contributed by atoms with Crippen molar-refractivity contribution in [1.29, 1.82) is 0 Å². The zero-order valence-corrected chi connectivity index (χ0v) is 11.4. The van der Waals surface area contributed by atoms with Crippen molar-refractivity contribution in [2.24, 2.45) is 5.41 Å². The van der Waals surface area contributed by atoms with E-state index in [-0.39, 0.29) is 11.9 Å². The Balaban J connectivity index is 2.15. The van der Waals surface area contributed by atoms with Crippen molar-refractivity contribution in [3.05, 3.63) is 12.3 Å². The first-order valence-electron chi connectivity index (χ1n) is 6.56. The topological polar surface area (TPSA) is 81.3 Å². The number of aromatic nitrogens is 2. The number of carbonyl (C=O) groups is 1. The van der Waals surface area contributed by atoms with Crippen molar-refractivity contribution >= 4 is 17.7 Å². The predicted molar refractivity (Wildman–Crippen MR) is 72.6 cm³/mol. The Bertz CT molecular complexity index is 466. The van der Waals surface area contributed by atoms with E-state index in [1.54, 1.807) is 6.20 Å². The van der Waals surface area contributed by atoms with Crippen molar-refractivity contribution in [2.45, 2.75) is 26.7 Å². The van der Waals surface area contributed by atoms with Gasteiger partial charge in [0.1, 0.15) is 5.82 Å². The van der Waals surface area contributed by atoms with Crippen LogP contribution in [0.2, 0.25) is 0 Å². The zero-order chi connectivity index (χ0) is 13.9. The fourth-order valence-corrected chi connectivity index (χ4v) is 2.45. The summed E-state index contributed by atoms with van der Waals surface area (Å²) in [6, 6.07) is 1.81. The number of nitrogens with zero attached hydrogens (tertiary/aromatic N) is 3. The first kappa shape index (κ1) is 13.6. The van der Waals surface area contributed by atoms with Crippen molar-refractivity contribution < 1.29 is 9.53 Å². The number of hydrogen-bond acceptors (Lipinski definition) is 6. The van der Waals surface area contributed by atoms with Crippen LogP contribution >= 0.6 is 0 Å². The Morgan fingerprint density at radius 1 is 1.63 bits per heavy atom. The summed E-state index contributed by atoms with van der Waals surface area (Å²) in [5.41, 5.74) is 5.12. The molecular formula is C13H20N4O2. The maximum Gasteiger partial charge on any atom is 0.313 e. The third kappa shape index (κ3) is 2.94. The molecule has 0 aromatic carbocycles. The first-order valence-corrected chi connectivity index (χ1v) is 6.56. The minimum absolute atomic E-state index is 0.137. The van der Waals surface area contributed by atoms with Crippen molar-refractivity contribution in [3.63, 3.8) is 0 Å². The molecule has 2 rings (SSSR count). The molecule has 1 aliphatic rings. The van der Waals surface area contributed by atoms with Gasteiger partial charge in [0.2, 0.25) is 5.95 Å². The van der Waals surface area contributed by atoms with E-state index in [0.29, 0.717) is 13.2 Å². The Kier molecular flexibility index (Phi) is 3.87. The minimum Gasteiger partial charge on any atom is -0.466 e. The van der Waals surface area contributed by atoms with Gasteiger partial charge in [-0.3, -0.25) is 4.79 Å². The number of nitrogen functional groups attached to an aromatic ring is 1. The van der Waals surface area contributed by atoms with E-state index in [4.69, 9.17) is 10.5 Å².